The molecule has 1 aliphatic rings. The Bertz CT molecular complexity index is 950. The fraction of sp³-hybridized carbons (Fsp3) is 0.409. The molecule has 1 amide bonds. The number of hydrogen-bond donors (Lipinski definition) is 2. The highest BCUT2D eigenvalue weighted by Crippen LogP contribution is 2.28. The highest BCUT2D eigenvalue weighted by atomic mass is 32.2. The second-order valence-electron chi connectivity index (χ2n) is 7.70. The van der Waals surface area contributed by atoms with Gasteiger partial charge in [0.2, 0.25) is 15.9 Å². The molecule has 0 fully saturated rings. The third-order valence-electron chi connectivity index (χ3n) is 5.11. The van der Waals surface area contributed by atoms with E-state index in [4.69, 9.17) is 0 Å². The van der Waals surface area contributed by atoms with E-state index in [9.17, 15) is 13.2 Å². The van der Waals surface area contributed by atoms with Crippen molar-refractivity contribution in [3.63, 3.8) is 0 Å². The van der Waals surface area contributed by atoms with Crippen molar-refractivity contribution in [2.24, 2.45) is 5.92 Å². The van der Waals surface area contributed by atoms with Gasteiger partial charge in [0, 0.05) is 18.2 Å². The summed E-state index contributed by atoms with van der Waals surface area (Å²) in [6.07, 6.45) is 3.03. The summed E-state index contributed by atoms with van der Waals surface area (Å²) in [5.74, 6) is 0.0661. The molecule has 0 aliphatic carbocycles. The maximum absolute atomic E-state index is 13.0. The van der Waals surface area contributed by atoms with Crippen LogP contribution in [0.1, 0.15) is 56.3 Å². The summed E-state index contributed by atoms with van der Waals surface area (Å²) in [6, 6.07) is 12.8. The summed E-state index contributed by atoms with van der Waals surface area (Å²) in [5.41, 5.74) is 3.77. The fourth-order valence-corrected chi connectivity index (χ4v) is 4.95. The molecule has 0 spiro atoms. The first-order chi connectivity index (χ1) is 13.3. The Morgan fingerprint density at radius 1 is 1.07 bits per heavy atom. The maximum Gasteiger partial charge on any atom is 0.241 e. The van der Waals surface area contributed by atoms with Crippen LogP contribution in [0.3, 0.4) is 0 Å². The number of aryl methyl sites for hydroxylation is 2. The largest absolute Gasteiger partial charge is 0.326 e. The summed E-state index contributed by atoms with van der Waals surface area (Å²) in [7, 11) is -3.68. The van der Waals surface area contributed by atoms with E-state index in [1.807, 2.05) is 26.0 Å². The number of nitrogens with one attached hydrogen (secondary N) is 2. The molecular formula is C22H28N2O3S. The van der Waals surface area contributed by atoms with Crippen LogP contribution in [0, 0.1) is 5.92 Å². The minimum absolute atomic E-state index is 0.0346. The van der Waals surface area contributed by atoms with E-state index in [0.29, 0.717) is 18.5 Å². The van der Waals surface area contributed by atoms with Gasteiger partial charge in [0.1, 0.15) is 0 Å². The Morgan fingerprint density at radius 2 is 1.79 bits per heavy atom. The summed E-state index contributed by atoms with van der Waals surface area (Å²) < 4.78 is 29.0. The normalized spacial score (nSPS) is 15.2. The van der Waals surface area contributed by atoms with Crippen molar-refractivity contribution in [2.75, 3.05) is 5.32 Å². The number of rotatable bonds is 7. The minimum atomic E-state index is -3.68. The first kappa shape index (κ1) is 20.6. The van der Waals surface area contributed by atoms with Gasteiger partial charge in [-0.05, 0) is 53.6 Å². The molecule has 0 bridgehead atoms. The van der Waals surface area contributed by atoms with Crippen LogP contribution in [-0.2, 0) is 27.7 Å². The average Bonchev–Trinajstić information content (AvgIpc) is 2.66. The van der Waals surface area contributed by atoms with E-state index in [1.54, 1.807) is 18.2 Å². The molecule has 2 N–H and O–H groups in total. The van der Waals surface area contributed by atoms with E-state index in [2.05, 4.69) is 29.1 Å². The van der Waals surface area contributed by atoms with Crippen LogP contribution in [-0.4, -0.2) is 14.3 Å². The van der Waals surface area contributed by atoms with Gasteiger partial charge < -0.3 is 5.32 Å². The zero-order valence-corrected chi connectivity index (χ0v) is 17.5. The first-order valence-corrected chi connectivity index (χ1v) is 11.3. The zero-order valence-electron chi connectivity index (χ0n) is 16.7. The number of sulfonamides is 1. The summed E-state index contributed by atoms with van der Waals surface area (Å²) in [4.78, 5) is 11.7. The maximum atomic E-state index is 13.0. The van der Waals surface area contributed by atoms with Crippen LogP contribution in [0.15, 0.2) is 47.4 Å². The van der Waals surface area contributed by atoms with Crippen LogP contribution < -0.4 is 10.0 Å². The highest BCUT2D eigenvalue weighted by molar-refractivity contribution is 7.89. The molecule has 1 heterocycles. The monoisotopic (exact) mass is 400 g/mol. The van der Waals surface area contributed by atoms with Crippen LogP contribution >= 0.6 is 0 Å². The Labute approximate surface area is 167 Å². The second kappa shape index (κ2) is 8.45. The second-order valence-corrected chi connectivity index (χ2v) is 9.42. The molecule has 5 nitrogen and oxygen atoms in total. The number of hydrogen-bond acceptors (Lipinski definition) is 3. The van der Waals surface area contributed by atoms with Gasteiger partial charge in [0.25, 0.3) is 0 Å². The molecule has 1 unspecified atom stereocenters. The molecule has 1 atom stereocenters. The van der Waals surface area contributed by atoms with Crippen LogP contribution in [0.25, 0.3) is 0 Å². The first-order valence-electron chi connectivity index (χ1n) is 9.84. The predicted octanol–water partition coefficient (Wildman–Crippen LogP) is 4.20. The van der Waals surface area contributed by atoms with Crippen molar-refractivity contribution in [1.29, 1.82) is 0 Å². The summed E-state index contributed by atoms with van der Waals surface area (Å²) >= 11 is 0. The smallest absolute Gasteiger partial charge is 0.241 e. The van der Waals surface area contributed by atoms with E-state index >= 15 is 0 Å². The van der Waals surface area contributed by atoms with Crippen molar-refractivity contribution in [2.45, 2.75) is 57.4 Å². The molecule has 2 aromatic carbocycles. The molecule has 0 saturated heterocycles. The van der Waals surface area contributed by atoms with E-state index in [1.165, 1.54) is 5.56 Å². The van der Waals surface area contributed by atoms with Crippen molar-refractivity contribution < 1.29 is 13.2 Å². The summed E-state index contributed by atoms with van der Waals surface area (Å²) in [5, 5.41) is 2.78. The Hall–Kier alpha value is -2.18. The number of anilines is 1. The summed E-state index contributed by atoms with van der Waals surface area (Å²) in [6.45, 7) is 6.16. The number of amides is 1. The molecular weight excluding hydrogens is 372 g/mol. The molecule has 28 heavy (non-hydrogen) atoms. The van der Waals surface area contributed by atoms with E-state index in [-0.39, 0.29) is 22.8 Å². The molecule has 0 saturated carbocycles. The van der Waals surface area contributed by atoms with Gasteiger partial charge in [0.15, 0.2) is 0 Å². The van der Waals surface area contributed by atoms with Gasteiger partial charge in [-0.2, -0.15) is 0 Å². The number of fused-ring (bicyclic) bond motifs is 1. The van der Waals surface area contributed by atoms with Gasteiger partial charge in [0.05, 0.1) is 4.90 Å². The number of benzene rings is 2. The van der Waals surface area contributed by atoms with Crippen molar-refractivity contribution >= 4 is 21.6 Å². The molecule has 0 aromatic heterocycles. The Kier molecular flexibility index (Phi) is 6.20. The molecule has 1 aliphatic heterocycles. The molecule has 6 heteroatoms. The van der Waals surface area contributed by atoms with Crippen molar-refractivity contribution in [1.82, 2.24) is 4.72 Å². The van der Waals surface area contributed by atoms with Gasteiger partial charge in [-0.1, -0.05) is 51.5 Å². The van der Waals surface area contributed by atoms with Crippen LogP contribution in [0.4, 0.5) is 5.69 Å². The van der Waals surface area contributed by atoms with Crippen molar-refractivity contribution in [3.8, 4) is 0 Å². The fourth-order valence-electron chi connectivity index (χ4n) is 3.53. The van der Waals surface area contributed by atoms with Gasteiger partial charge in [-0.3, -0.25) is 4.79 Å². The molecule has 3 rings (SSSR count). The zero-order chi connectivity index (χ0) is 20.3. The quantitative estimate of drug-likeness (QED) is 0.731. The molecule has 0 radical (unpaired) electrons. The lowest BCUT2D eigenvalue weighted by molar-refractivity contribution is -0.116. The number of carbonyl (C=O) groups is 1. The minimum Gasteiger partial charge on any atom is -0.326 e. The lowest BCUT2D eigenvalue weighted by atomic mass is 9.95. The lowest BCUT2D eigenvalue weighted by Gasteiger charge is -2.24. The topological polar surface area (TPSA) is 75.3 Å². The van der Waals surface area contributed by atoms with Crippen LogP contribution in [0.5, 0.6) is 0 Å². The van der Waals surface area contributed by atoms with Crippen LogP contribution in [0.2, 0.25) is 0 Å². The third-order valence-corrected chi connectivity index (χ3v) is 6.55. The Morgan fingerprint density at radius 3 is 2.43 bits per heavy atom. The van der Waals surface area contributed by atoms with Gasteiger partial charge in [-0.15, -0.1) is 0 Å². The SMILES string of the molecule is CCCc1ccc(C(NS(=O)(=O)c2ccc3c(c2)CCC(=O)N3)C(C)C)cc1. The average molecular weight is 401 g/mol. The van der Waals surface area contributed by atoms with E-state index in [0.717, 1.165) is 24.0 Å². The lowest BCUT2D eigenvalue weighted by Crippen LogP contribution is -2.32. The third kappa shape index (κ3) is 4.62. The Balaban J connectivity index is 1.85. The van der Waals surface area contributed by atoms with Crippen molar-refractivity contribution in [3.05, 3.63) is 59.2 Å². The van der Waals surface area contributed by atoms with Gasteiger partial charge in [-0.25, -0.2) is 13.1 Å². The highest BCUT2D eigenvalue weighted by Gasteiger charge is 2.25. The predicted molar refractivity (Wildman–Crippen MR) is 112 cm³/mol. The molecule has 2 aromatic rings. The van der Waals surface area contributed by atoms with Gasteiger partial charge >= 0.3 is 0 Å². The molecule has 150 valence electrons. The number of carbonyl (C=O) groups excluding carboxylic acids is 1. The standard InChI is InChI=1S/C22H28N2O3S/c1-4-5-16-6-8-17(9-7-16)22(15(2)3)24-28(26,27)19-11-12-20-18(14-19)10-13-21(25)23-20/h6-9,11-12,14-15,22,24H,4-5,10,13H2,1-3H3,(H,23,25). The van der Waals surface area contributed by atoms with E-state index < -0.39 is 10.0 Å².